The first-order valence-electron chi connectivity index (χ1n) is 9.02. The summed E-state index contributed by atoms with van der Waals surface area (Å²) in [6.07, 6.45) is 0.295. The van der Waals surface area contributed by atoms with E-state index in [9.17, 15) is 4.79 Å². The first-order valence-corrected chi connectivity index (χ1v) is 9.02. The standard InChI is InChI=1S/C21H27N3O2/c1-16-14-18(24-12-10-23(2)11-13-24)8-9-19(16)22-21(25)15-17-6-4-5-7-20(17)26-3/h4-9,14H,10-13,15H2,1-3H3,(H,22,25). The number of ether oxygens (including phenoxy) is 1. The van der Waals surface area contributed by atoms with Crippen LogP contribution in [0.3, 0.4) is 0 Å². The van der Waals surface area contributed by atoms with Gasteiger partial charge in [0.05, 0.1) is 13.5 Å². The van der Waals surface area contributed by atoms with Gasteiger partial charge in [0.15, 0.2) is 0 Å². The molecule has 0 spiro atoms. The van der Waals surface area contributed by atoms with Gasteiger partial charge in [-0.25, -0.2) is 0 Å². The number of nitrogens with zero attached hydrogens (tertiary/aromatic N) is 2. The van der Waals surface area contributed by atoms with Crippen molar-refractivity contribution >= 4 is 17.3 Å². The maximum Gasteiger partial charge on any atom is 0.228 e. The summed E-state index contributed by atoms with van der Waals surface area (Å²) < 4.78 is 5.32. The number of carbonyl (C=O) groups is 1. The van der Waals surface area contributed by atoms with Gasteiger partial charge in [-0.15, -0.1) is 0 Å². The molecule has 0 bridgehead atoms. The largest absolute Gasteiger partial charge is 0.496 e. The maximum absolute atomic E-state index is 12.4. The minimum Gasteiger partial charge on any atom is -0.496 e. The fourth-order valence-corrected chi connectivity index (χ4v) is 3.27. The SMILES string of the molecule is COc1ccccc1CC(=O)Nc1ccc(N2CCN(C)CC2)cc1C. The van der Waals surface area contributed by atoms with Crippen LogP contribution in [0.25, 0.3) is 0 Å². The molecule has 0 aliphatic carbocycles. The highest BCUT2D eigenvalue weighted by Crippen LogP contribution is 2.24. The number of rotatable bonds is 5. The van der Waals surface area contributed by atoms with E-state index in [2.05, 4.69) is 34.3 Å². The van der Waals surface area contributed by atoms with Crippen LogP contribution in [0.1, 0.15) is 11.1 Å². The molecule has 5 nitrogen and oxygen atoms in total. The summed E-state index contributed by atoms with van der Waals surface area (Å²) in [5, 5.41) is 3.03. The van der Waals surface area contributed by atoms with Crippen LogP contribution in [0.4, 0.5) is 11.4 Å². The Kier molecular flexibility index (Phi) is 5.78. The molecule has 1 amide bonds. The Hall–Kier alpha value is -2.53. The van der Waals surface area contributed by atoms with Crippen LogP contribution in [0.15, 0.2) is 42.5 Å². The Bertz CT molecular complexity index is 768. The number of methoxy groups -OCH3 is 1. The Morgan fingerprint density at radius 1 is 1.12 bits per heavy atom. The molecule has 0 saturated carbocycles. The van der Waals surface area contributed by atoms with Crippen molar-refractivity contribution in [3.8, 4) is 5.75 Å². The van der Waals surface area contributed by atoms with Crippen molar-refractivity contribution in [2.45, 2.75) is 13.3 Å². The van der Waals surface area contributed by atoms with Gasteiger partial charge in [0, 0.05) is 43.1 Å². The van der Waals surface area contributed by atoms with Crippen LogP contribution in [0.5, 0.6) is 5.75 Å². The van der Waals surface area contributed by atoms with Gasteiger partial charge in [-0.05, 0) is 43.8 Å². The number of nitrogens with one attached hydrogen (secondary N) is 1. The molecule has 138 valence electrons. The third-order valence-corrected chi connectivity index (χ3v) is 4.90. The number of anilines is 2. The molecule has 5 heteroatoms. The van der Waals surface area contributed by atoms with E-state index in [1.165, 1.54) is 5.69 Å². The highest BCUT2D eigenvalue weighted by Gasteiger charge is 2.15. The molecule has 2 aromatic rings. The van der Waals surface area contributed by atoms with Gasteiger partial charge in [-0.3, -0.25) is 4.79 Å². The predicted molar refractivity (Wildman–Crippen MR) is 106 cm³/mol. The van der Waals surface area contributed by atoms with Crippen LogP contribution in [-0.4, -0.2) is 51.1 Å². The third-order valence-electron chi connectivity index (χ3n) is 4.90. The van der Waals surface area contributed by atoms with Crippen LogP contribution in [-0.2, 0) is 11.2 Å². The summed E-state index contributed by atoms with van der Waals surface area (Å²) in [5.74, 6) is 0.703. The van der Waals surface area contributed by atoms with E-state index in [0.717, 1.165) is 48.7 Å². The number of likely N-dealkylation sites (N-methyl/N-ethyl adjacent to an activating group) is 1. The lowest BCUT2D eigenvalue weighted by Gasteiger charge is -2.34. The second-order valence-electron chi connectivity index (χ2n) is 6.83. The minimum absolute atomic E-state index is 0.0371. The fraction of sp³-hybridized carbons (Fsp3) is 0.381. The number of hydrogen-bond acceptors (Lipinski definition) is 4. The van der Waals surface area contributed by atoms with Gasteiger partial charge in [0.2, 0.25) is 5.91 Å². The van der Waals surface area contributed by atoms with Gasteiger partial charge in [0.1, 0.15) is 5.75 Å². The number of amides is 1. The van der Waals surface area contributed by atoms with Crippen molar-refractivity contribution < 1.29 is 9.53 Å². The molecular weight excluding hydrogens is 326 g/mol. The Morgan fingerprint density at radius 3 is 2.54 bits per heavy atom. The molecule has 0 atom stereocenters. The lowest BCUT2D eigenvalue weighted by atomic mass is 10.1. The molecule has 3 rings (SSSR count). The number of para-hydroxylation sites is 1. The van der Waals surface area contributed by atoms with E-state index in [0.29, 0.717) is 6.42 Å². The Balaban J connectivity index is 1.65. The van der Waals surface area contributed by atoms with Gasteiger partial charge in [0.25, 0.3) is 0 Å². The van der Waals surface area contributed by atoms with E-state index in [-0.39, 0.29) is 5.91 Å². The minimum atomic E-state index is -0.0371. The molecule has 1 heterocycles. The van der Waals surface area contributed by atoms with Crippen LogP contribution in [0.2, 0.25) is 0 Å². The van der Waals surface area contributed by atoms with Gasteiger partial charge >= 0.3 is 0 Å². The normalized spacial score (nSPS) is 15.0. The highest BCUT2D eigenvalue weighted by atomic mass is 16.5. The fourth-order valence-electron chi connectivity index (χ4n) is 3.27. The number of hydrogen-bond donors (Lipinski definition) is 1. The quantitative estimate of drug-likeness (QED) is 0.898. The van der Waals surface area contributed by atoms with Crippen molar-refractivity contribution in [2.24, 2.45) is 0 Å². The van der Waals surface area contributed by atoms with Crippen molar-refractivity contribution in [2.75, 3.05) is 50.6 Å². The molecule has 2 aromatic carbocycles. The highest BCUT2D eigenvalue weighted by molar-refractivity contribution is 5.93. The van der Waals surface area contributed by atoms with Gasteiger partial charge in [-0.1, -0.05) is 18.2 Å². The van der Waals surface area contributed by atoms with Crippen molar-refractivity contribution in [3.05, 3.63) is 53.6 Å². The van der Waals surface area contributed by atoms with Crippen molar-refractivity contribution in [1.29, 1.82) is 0 Å². The zero-order valence-electron chi connectivity index (χ0n) is 15.8. The zero-order valence-corrected chi connectivity index (χ0v) is 15.8. The molecule has 1 aliphatic heterocycles. The average Bonchev–Trinajstić information content (AvgIpc) is 2.64. The van der Waals surface area contributed by atoms with Crippen molar-refractivity contribution in [3.63, 3.8) is 0 Å². The smallest absolute Gasteiger partial charge is 0.228 e. The zero-order chi connectivity index (χ0) is 18.5. The summed E-state index contributed by atoms with van der Waals surface area (Å²) in [7, 11) is 3.78. The summed E-state index contributed by atoms with van der Waals surface area (Å²) >= 11 is 0. The number of carbonyl (C=O) groups excluding carboxylic acids is 1. The summed E-state index contributed by atoms with van der Waals surface area (Å²) in [6.45, 7) is 6.27. The second kappa shape index (κ2) is 8.23. The van der Waals surface area contributed by atoms with Crippen LogP contribution >= 0.6 is 0 Å². The van der Waals surface area contributed by atoms with E-state index in [1.54, 1.807) is 7.11 Å². The molecule has 26 heavy (non-hydrogen) atoms. The first kappa shape index (κ1) is 18.3. The number of benzene rings is 2. The molecule has 1 fully saturated rings. The van der Waals surface area contributed by atoms with Crippen LogP contribution < -0.4 is 15.0 Å². The summed E-state index contributed by atoms with van der Waals surface area (Å²) in [4.78, 5) is 17.2. The predicted octanol–water partition coefficient (Wildman–Crippen LogP) is 2.94. The lowest BCUT2D eigenvalue weighted by Crippen LogP contribution is -2.44. The third kappa shape index (κ3) is 4.35. The van der Waals surface area contributed by atoms with Gasteiger partial charge in [-0.2, -0.15) is 0 Å². The Morgan fingerprint density at radius 2 is 1.85 bits per heavy atom. The molecule has 0 radical (unpaired) electrons. The molecule has 1 N–H and O–H groups in total. The van der Waals surface area contributed by atoms with Crippen molar-refractivity contribution in [1.82, 2.24) is 4.90 Å². The second-order valence-corrected chi connectivity index (χ2v) is 6.83. The van der Waals surface area contributed by atoms with E-state index >= 15 is 0 Å². The first-order chi connectivity index (χ1) is 12.6. The van der Waals surface area contributed by atoms with Gasteiger partial charge < -0.3 is 19.9 Å². The average molecular weight is 353 g/mol. The molecule has 0 aromatic heterocycles. The topological polar surface area (TPSA) is 44.8 Å². The summed E-state index contributed by atoms with van der Waals surface area (Å²) in [6, 6.07) is 13.9. The summed E-state index contributed by atoms with van der Waals surface area (Å²) in [5.41, 5.74) is 4.05. The lowest BCUT2D eigenvalue weighted by molar-refractivity contribution is -0.115. The van der Waals surface area contributed by atoms with E-state index in [1.807, 2.05) is 37.3 Å². The molecular formula is C21H27N3O2. The molecule has 0 unspecified atom stereocenters. The monoisotopic (exact) mass is 353 g/mol. The Labute approximate surface area is 155 Å². The molecule has 1 aliphatic rings. The van der Waals surface area contributed by atoms with Crippen LogP contribution in [0, 0.1) is 6.92 Å². The van der Waals surface area contributed by atoms with E-state index in [4.69, 9.17) is 4.74 Å². The van der Waals surface area contributed by atoms with E-state index < -0.39 is 0 Å². The number of aryl methyl sites for hydroxylation is 1. The maximum atomic E-state index is 12.4. The molecule has 1 saturated heterocycles. The number of piperazine rings is 1.